The zero-order chi connectivity index (χ0) is 22.0. The first-order valence-corrected chi connectivity index (χ1v) is 10.6. The normalized spacial score (nSPS) is 22.6. The van der Waals surface area contributed by atoms with Gasteiger partial charge in [-0.25, -0.2) is 9.18 Å². The lowest BCUT2D eigenvalue weighted by Gasteiger charge is -2.41. The van der Waals surface area contributed by atoms with Crippen LogP contribution in [0, 0.1) is 11.7 Å². The van der Waals surface area contributed by atoms with Crippen molar-refractivity contribution in [3.05, 3.63) is 65.5 Å². The number of benzene rings is 2. The predicted octanol–water partition coefficient (Wildman–Crippen LogP) is 3.21. The fourth-order valence-corrected chi connectivity index (χ4v) is 4.82. The van der Waals surface area contributed by atoms with Gasteiger partial charge in [0.05, 0.1) is 7.11 Å². The van der Waals surface area contributed by atoms with E-state index in [1.165, 1.54) is 18.0 Å². The second-order valence-corrected chi connectivity index (χ2v) is 8.44. The Hall–Kier alpha value is -2.93. The maximum absolute atomic E-state index is 14.0. The minimum Gasteiger partial charge on any atom is -0.497 e. The summed E-state index contributed by atoms with van der Waals surface area (Å²) in [5, 5.41) is 3.01. The Morgan fingerprint density at radius 2 is 1.87 bits per heavy atom. The Balaban J connectivity index is 1.52. The van der Waals surface area contributed by atoms with E-state index in [-0.39, 0.29) is 23.7 Å². The van der Waals surface area contributed by atoms with Crippen molar-refractivity contribution in [1.82, 2.24) is 15.1 Å². The molecule has 2 fully saturated rings. The van der Waals surface area contributed by atoms with Crippen molar-refractivity contribution in [3.63, 3.8) is 0 Å². The maximum atomic E-state index is 14.0. The fraction of sp³-hybridized carbons (Fsp3) is 0.417. The van der Waals surface area contributed by atoms with Crippen molar-refractivity contribution >= 4 is 11.9 Å². The van der Waals surface area contributed by atoms with E-state index in [1.54, 1.807) is 19.2 Å². The molecule has 2 saturated heterocycles. The Kier molecular flexibility index (Phi) is 5.96. The zero-order valence-corrected chi connectivity index (χ0v) is 17.9. The number of methoxy groups -OCH3 is 1. The third kappa shape index (κ3) is 4.14. The second kappa shape index (κ2) is 8.67. The van der Waals surface area contributed by atoms with Crippen LogP contribution in [-0.2, 0) is 17.8 Å². The monoisotopic (exact) mass is 425 g/mol. The van der Waals surface area contributed by atoms with Crippen LogP contribution in [0.2, 0.25) is 0 Å². The molecule has 0 spiro atoms. The number of carbonyl (C=O) groups excluding carboxylic acids is 2. The predicted molar refractivity (Wildman–Crippen MR) is 115 cm³/mol. The number of piperidine rings is 1. The number of hydrogen-bond acceptors (Lipinski definition) is 4. The first-order chi connectivity index (χ1) is 14.9. The molecule has 7 heteroatoms. The van der Waals surface area contributed by atoms with Crippen molar-refractivity contribution in [2.75, 3.05) is 27.2 Å². The molecular weight excluding hydrogens is 397 g/mol. The molecule has 0 bridgehead atoms. The summed E-state index contributed by atoms with van der Waals surface area (Å²) in [4.78, 5) is 29.1. The highest BCUT2D eigenvalue weighted by Crippen LogP contribution is 2.37. The summed E-state index contributed by atoms with van der Waals surface area (Å²) in [6.45, 7) is 2.03. The van der Waals surface area contributed by atoms with E-state index in [0.29, 0.717) is 18.5 Å². The molecule has 31 heavy (non-hydrogen) atoms. The van der Waals surface area contributed by atoms with Crippen molar-refractivity contribution in [2.45, 2.75) is 31.3 Å². The molecule has 2 heterocycles. The number of hydrogen-bond donors (Lipinski definition) is 1. The van der Waals surface area contributed by atoms with Gasteiger partial charge in [0.15, 0.2) is 0 Å². The molecule has 3 amide bonds. The Morgan fingerprint density at radius 1 is 1.13 bits per heavy atom. The van der Waals surface area contributed by atoms with Crippen LogP contribution in [0.4, 0.5) is 9.18 Å². The number of imide groups is 1. The van der Waals surface area contributed by atoms with Crippen LogP contribution in [-0.4, -0.2) is 54.5 Å². The summed E-state index contributed by atoms with van der Waals surface area (Å²) in [7, 11) is 3.13. The molecule has 1 N–H and O–H groups in total. The molecule has 1 unspecified atom stereocenters. The molecule has 6 nitrogen and oxygen atoms in total. The van der Waals surface area contributed by atoms with Crippen molar-refractivity contribution < 1.29 is 18.7 Å². The van der Waals surface area contributed by atoms with E-state index in [1.807, 2.05) is 30.3 Å². The zero-order valence-electron chi connectivity index (χ0n) is 17.9. The summed E-state index contributed by atoms with van der Waals surface area (Å²) < 4.78 is 19.4. The van der Waals surface area contributed by atoms with Crippen molar-refractivity contribution in [2.24, 2.45) is 5.92 Å². The molecule has 2 aromatic rings. The highest BCUT2D eigenvalue weighted by molar-refractivity contribution is 6.07. The summed E-state index contributed by atoms with van der Waals surface area (Å²) in [5.74, 6) is 0.335. The highest BCUT2D eigenvalue weighted by Gasteiger charge is 2.54. The molecular formula is C24H28FN3O3. The first kappa shape index (κ1) is 21.3. The van der Waals surface area contributed by atoms with Gasteiger partial charge in [-0.3, -0.25) is 14.6 Å². The Labute approximate surface area is 182 Å². The van der Waals surface area contributed by atoms with Crippen LogP contribution >= 0.6 is 0 Å². The minimum absolute atomic E-state index is 0.00280. The van der Waals surface area contributed by atoms with E-state index < -0.39 is 5.54 Å². The number of urea groups is 1. The number of likely N-dealkylation sites (N-methyl/N-ethyl adjacent to an activating group) is 1. The average molecular weight is 426 g/mol. The van der Waals surface area contributed by atoms with Crippen LogP contribution in [0.15, 0.2) is 48.5 Å². The van der Waals surface area contributed by atoms with E-state index >= 15 is 0 Å². The van der Waals surface area contributed by atoms with Gasteiger partial charge in [0, 0.05) is 25.6 Å². The SMILES string of the molecule is COc1cccc(CC2(C3CCN(Cc4ccccc4F)CC3)NC(=O)N(C)C2=O)c1. The highest BCUT2D eigenvalue weighted by atomic mass is 19.1. The largest absolute Gasteiger partial charge is 0.497 e. The van der Waals surface area contributed by atoms with Crippen LogP contribution in [0.5, 0.6) is 5.75 Å². The van der Waals surface area contributed by atoms with Gasteiger partial charge in [-0.1, -0.05) is 30.3 Å². The van der Waals surface area contributed by atoms with Crippen LogP contribution in [0.25, 0.3) is 0 Å². The van der Waals surface area contributed by atoms with Gasteiger partial charge < -0.3 is 10.1 Å². The third-order valence-corrected chi connectivity index (χ3v) is 6.57. The molecule has 0 aliphatic carbocycles. The molecule has 0 aromatic heterocycles. The lowest BCUT2D eigenvalue weighted by molar-refractivity contribution is -0.133. The standard InChI is InChI=1S/C24H28FN3O3/c1-27-22(29)24(26-23(27)30,15-17-6-5-8-20(14-17)31-2)19-10-12-28(13-11-19)16-18-7-3-4-9-21(18)25/h3-9,14,19H,10-13,15-16H2,1-2H3,(H,26,30). The Morgan fingerprint density at radius 3 is 2.52 bits per heavy atom. The summed E-state index contributed by atoms with van der Waals surface area (Å²) in [6, 6.07) is 14.1. The number of halogens is 1. The van der Waals surface area contributed by atoms with Gasteiger partial charge in [0.2, 0.25) is 0 Å². The smallest absolute Gasteiger partial charge is 0.324 e. The van der Waals surface area contributed by atoms with Gasteiger partial charge in [0.1, 0.15) is 17.1 Å². The van der Waals surface area contributed by atoms with E-state index in [0.717, 1.165) is 37.2 Å². The average Bonchev–Trinajstić information content (AvgIpc) is 3.00. The van der Waals surface area contributed by atoms with Gasteiger partial charge in [-0.2, -0.15) is 0 Å². The first-order valence-electron chi connectivity index (χ1n) is 10.6. The molecule has 2 aliphatic heterocycles. The number of amides is 3. The second-order valence-electron chi connectivity index (χ2n) is 8.44. The van der Waals surface area contributed by atoms with Crippen LogP contribution < -0.4 is 10.1 Å². The number of carbonyl (C=O) groups is 2. The topological polar surface area (TPSA) is 61.9 Å². The number of nitrogens with zero attached hydrogens (tertiary/aromatic N) is 2. The quantitative estimate of drug-likeness (QED) is 0.722. The summed E-state index contributed by atoms with van der Waals surface area (Å²) >= 11 is 0. The van der Waals surface area contributed by atoms with E-state index in [2.05, 4.69) is 10.2 Å². The van der Waals surface area contributed by atoms with Gasteiger partial charge in [-0.15, -0.1) is 0 Å². The summed E-state index contributed by atoms with van der Waals surface area (Å²) in [6.07, 6.45) is 1.91. The van der Waals surface area contributed by atoms with Crippen LogP contribution in [0.1, 0.15) is 24.0 Å². The fourth-order valence-electron chi connectivity index (χ4n) is 4.82. The molecule has 0 radical (unpaired) electrons. The van der Waals surface area contributed by atoms with Crippen LogP contribution in [0.3, 0.4) is 0 Å². The number of rotatable bonds is 6. The molecule has 2 aliphatic rings. The lowest BCUT2D eigenvalue weighted by Crippen LogP contribution is -2.57. The lowest BCUT2D eigenvalue weighted by atomic mass is 9.74. The number of ether oxygens (including phenoxy) is 1. The maximum Gasteiger partial charge on any atom is 0.324 e. The minimum atomic E-state index is -0.970. The molecule has 2 aromatic carbocycles. The molecule has 0 saturated carbocycles. The van der Waals surface area contributed by atoms with Gasteiger partial charge in [0.25, 0.3) is 5.91 Å². The van der Waals surface area contributed by atoms with E-state index in [9.17, 15) is 14.0 Å². The number of likely N-dealkylation sites (tertiary alicyclic amines) is 1. The summed E-state index contributed by atoms with van der Waals surface area (Å²) in [5.41, 5.74) is 0.650. The molecule has 4 rings (SSSR count). The van der Waals surface area contributed by atoms with Crippen molar-refractivity contribution in [1.29, 1.82) is 0 Å². The van der Waals surface area contributed by atoms with E-state index in [4.69, 9.17) is 4.74 Å². The molecule has 1 atom stereocenters. The van der Waals surface area contributed by atoms with Gasteiger partial charge >= 0.3 is 6.03 Å². The Bertz CT molecular complexity index is 974. The molecule has 164 valence electrons. The third-order valence-electron chi connectivity index (χ3n) is 6.57. The van der Waals surface area contributed by atoms with Gasteiger partial charge in [-0.05, 0) is 55.6 Å². The number of nitrogens with one attached hydrogen (secondary N) is 1. The van der Waals surface area contributed by atoms with Crippen molar-refractivity contribution in [3.8, 4) is 5.75 Å².